The molecule has 0 heterocycles. The summed E-state index contributed by atoms with van der Waals surface area (Å²) in [4.78, 5) is 1.23. The fourth-order valence-electron chi connectivity index (χ4n) is 1.40. The zero-order valence-electron chi connectivity index (χ0n) is 11.3. The molecule has 1 nitrogen and oxygen atoms in total. The summed E-state index contributed by atoms with van der Waals surface area (Å²) in [5.74, 6) is 0. The third-order valence-corrected chi connectivity index (χ3v) is 3.60. The third kappa shape index (κ3) is 5.80. The Hall–Kier alpha value is -0.180. The summed E-state index contributed by atoms with van der Waals surface area (Å²) >= 11 is 8.13. The van der Waals surface area contributed by atoms with Gasteiger partial charge in [-0.3, -0.25) is 0 Å². The number of hydrogen-bond acceptors (Lipinski definition) is 2. The first-order valence-electron chi connectivity index (χ1n) is 5.99. The molecule has 0 radical (unpaired) electrons. The van der Waals surface area contributed by atoms with E-state index in [-0.39, 0.29) is 4.75 Å². The topological polar surface area (TPSA) is 12.0 Å². The molecule has 1 aromatic rings. The molecule has 0 saturated heterocycles. The maximum atomic E-state index is 6.29. The number of nitrogens with one attached hydrogen (secondary N) is 1. The Bertz CT molecular complexity index is 369. The van der Waals surface area contributed by atoms with Gasteiger partial charge in [-0.2, -0.15) is 0 Å². The molecule has 0 aliphatic rings. The van der Waals surface area contributed by atoms with Crippen molar-refractivity contribution < 1.29 is 0 Å². The number of halogens is 1. The molecule has 0 unspecified atom stereocenters. The fourth-order valence-corrected chi connectivity index (χ4v) is 2.73. The first-order chi connectivity index (χ1) is 7.78. The summed E-state index contributed by atoms with van der Waals surface area (Å²) < 4.78 is 0.223. The molecule has 0 amide bonds. The largest absolute Gasteiger partial charge is 0.310 e. The molecule has 1 aromatic carbocycles. The first-order valence-corrected chi connectivity index (χ1v) is 7.18. The molecule has 0 aliphatic carbocycles. The van der Waals surface area contributed by atoms with Crippen molar-refractivity contribution >= 4 is 23.4 Å². The van der Waals surface area contributed by atoms with Crippen molar-refractivity contribution in [1.29, 1.82) is 0 Å². The van der Waals surface area contributed by atoms with Crippen molar-refractivity contribution in [1.82, 2.24) is 5.32 Å². The summed E-state index contributed by atoms with van der Waals surface area (Å²) in [6, 6.07) is 6.81. The number of hydrogen-bond donors (Lipinski definition) is 1. The lowest BCUT2D eigenvalue weighted by molar-refractivity contribution is 0.589. The molecule has 96 valence electrons. The minimum absolute atomic E-state index is 0.223. The van der Waals surface area contributed by atoms with Gasteiger partial charge in [0, 0.05) is 27.3 Å². The lowest BCUT2D eigenvalue weighted by atomic mass is 10.2. The SMILES string of the molecule is CC(C)NCc1ccc(SC(C)(C)C)cc1Cl. The van der Waals surface area contributed by atoms with Gasteiger partial charge in [0.2, 0.25) is 0 Å². The number of thioether (sulfide) groups is 1. The van der Waals surface area contributed by atoms with E-state index in [2.05, 4.69) is 58.1 Å². The first kappa shape index (κ1) is 14.9. The predicted octanol–water partition coefficient (Wildman–Crippen LogP) is 4.73. The van der Waals surface area contributed by atoms with Crippen LogP contribution in [0.2, 0.25) is 5.02 Å². The van der Waals surface area contributed by atoms with Crippen molar-refractivity contribution in [2.45, 2.75) is 56.8 Å². The highest BCUT2D eigenvalue weighted by atomic mass is 35.5. The lowest BCUT2D eigenvalue weighted by Crippen LogP contribution is -2.21. The lowest BCUT2D eigenvalue weighted by Gasteiger charge is -2.18. The summed E-state index contributed by atoms with van der Waals surface area (Å²) in [6.45, 7) is 11.7. The summed E-state index contributed by atoms with van der Waals surface area (Å²) in [7, 11) is 0. The zero-order chi connectivity index (χ0) is 13.1. The van der Waals surface area contributed by atoms with Crippen LogP contribution >= 0.6 is 23.4 Å². The summed E-state index contributed by atoms with van der Waals surface area (Å²) in [5, 5.41) is 4.23. The van der Waals surface area contributed by atoms with Gasteiger partial charge in [-0.1, -0.05) is 52.3 Å². The van der Waals surface area contributed by atoms with Gasteiger partial charge in [0.25, 0.3) is 0 Å². The third-order valence-electron chi connectivity index (χ3n) is 2.15. The molecule has 3 heteroatoms. The molecular weight excluding hydrogens is 250 g/mol. The number of benzene rings is 1. The molecular formula is C14H22ClNS. The molecule has 0 fully saturated rings. The van der Waals surface area contributed by atoms with Crippen LogP contribution in [0.15, 0.2) is 23.1 Å². The van der Waals surface area contributed by atoms with E-state index in [0.717, 1.165) is 11.6 Å². The Morgan fingerprint density at radius 2 is 1.94 bits per heavy atom. The van der Waals surface area contributed by atoms with Crippen LogP contribution in [-0.2, 0) is 6.54 Å². The van der Waals surface area contributed by atoms with Crippen LogP contribution < -0.4 is 5.32 Å². The van der Waals surface area contributed by atoms with Crippen molar-refractivity contribution in [2.24, 2.45) is 0 Å². The van der Waals surface area contributed by atoms with E-state index in [4.69, 9.17) is 11.6 Å². The van der Waals surface area contributed by atoms with Gasteiger partial charge in [0.15, 0.2) is 0 Å². The molecule has 0 spiro atoms. The van der Waals surface area contributed by atoms with Gasteiger partial charge in [-0.15, -0.1) is 11.8 Å². The molecule has 17 heavy (non-hydrogen) atoms. The Morgan fingerprint density at radius 3 is 2.41 bits per heavy atom. The maximum Gasteiger partial charge on any atom is 0.0462 e. The maximum absolute atomic E-state index is 6.29. The van der Waals surface area contributed by atoms with E-state index in [9.17, 15) is 0 Å². The van der Waals surface area contributed by atoms with Gasteiger partial charge in [0.1, 0.15) is 0 Å². The average molecular weight is 272 g/mol. The second-order valence-corrected chi connectivity index (χ2v) is 7.81. The standard InChI is InChI=1S/C14H22ClNS/c1-10(2)16-9-11-6-7-12(8-13(11)15)17-14(3,4)5/h6-8,10,16H,9H2,1-5H3. The molecule has 0 aromatic heterocycles. The quantitative estimate of drug-likeness (QED) is 0.795. The monoisotopic (exact) mass is 271 g/mol. The van der Waals surface area contributed by atoms with E-state index in [0.29, 0.717) is 6.04 Å². The van der Waals surface area contributed by atoms with Gasteiger partial charge >= 0.3 is 0 Å². The van der Waals surface area contributed by atoms with Gasteiger partial charge in [-0.25, -0.2) is 0 Å². The van der Waals surface area contributed by atoms with Crippen LogP contribution in [0.1, 0.15) is 40.2 Å². The summed E-state index contributed by atoms with van der Waals surface area (Å²) in [6.07, 6.45) is 0. The molecule has 0 aliphatic heterocycles. The highest BCUT2D eigenvalue weighted by Gasteiger charge is 2.13. The van der Waals surface area contributed by atoms with E-state index >= 15 is 0 Å². The second-order valence-electron chi connectivity index (χ2n) is 5.50. The van der Waals surface area contributed by atoms with Crippen molar-refractivity contribution in [3.05, 3.63) is 28.8 Å². The molecule has 0 bridgehead atoms. The van der Waals surface area contributed by atoms with Crippen LogP contribution in [0.3, 0.4) is 0 Å². The molecule has 0 atom stereocenters. The second kappa shape index (κ2) is 6.12. The van der Waals surface area contributed by atoms with Crippen molar-refractivity contribution in [3.8, 4) is 0 Å². The predicted molar refractivity (Wildman–Crippen MR) is 79.0 cm³/mol. The average Bonchev–Trinajstić information content (AvgIpc) is 2.13. The highest BCUT2D eigenvalue weighted by molar-refractivity contribution is 8.00. The van der Waals surface area contributed by atoms with E-state index in [1.807, 2.05) is 11.8 Å². The normalized spacial score (nSPS) is 12.2. The zero-order valence-corrected chi connectivity index (χ0v) is 12.9. The Labute approximate surface area is 114 Å². The van der Waals surface area contributed by atoms with E-state index in [1.54, 1.807) is 0 Å². The van der Waals surface area contributed by atoms with Crippen LogP contribution in [0.5, 0.6) is 0 Å². The summed E-state index contributed by atoms with van der Waals surface area (Å²) in [5.41, 5.74) is 1.17. The fraction of sp³-hybridized carbons (Fsp3) is 0.571. The Balaban J connectivity index is 2.72. The smallest absolute Gasteiger partial charge is 0.0462 e. The molecule has 1 rings (SSSR count). The molecule has 1 N–H and O–H groups in total. The highest BCUT2D eigenvalue weighted by Crippen LogP contribution is 2.33. The van der Waals surface area contributed by atoms with Gasteiger partial charge in [0.05, 0.1) is 0 Å². The van der Waals surface area contributed by atoms with Crippen LogP contribution in [0.25, 0.3) is 0 Å². The van der Waals surface area contributed by atoms with Crippen LogP contribution in [0.4, 0.5) is 0 Å². The van der Waals surface area contributed by atoms with E-state index < -0.39 is 0 Å². The minimum Gasteiger partial charge on any atom is -0.310 e. The number of rotatable bonds is 4. The van der Waals surface area contributed by atoms with Crippen LogP contribution in [0, 0.1) is 0 Å². The molecule has 0 saturated carbocycles. The van der Waals surface area contributed by atoms with Crippen molar-refractivity contribution in [3.63, 3.8) is 0 Å². The van der Waals surface area contributed by atoms with E-state index in [1.165, 1.54) is 10.5 Å². The van der Waals surface area contributed by atoms with Crippen molar-refractivity contribution in [2.75, 3.05) is 0 Å². The van der Waals surface area contributed by atoms with Gasteiger partial charge in [-0.05, 0) is 17.7 Å². The Morgan fingerprint density at radius 1 is 1.29 bits per heavy atom. The van der Waals surface area contributed by atoms with Crippen LogP contribution in [-0.4, -0.2) is 10.8 Å². The Kier molecular flexibility index (Phi) is 5.36. The minimum atomic E-state index is 0.223. The van der Waals surface area contributed by atoms with Gasteiger partial charge < -0.3 is 5.32 Å².